The van der Waals surface area contributed by atoms with E-state index < -0.39 is 6.10 Å². The first-order chi connectivity index (χ1) is 8.08. The Morgan fingerprint density at radius 1 is 1.53 bits per heavy atom. The van der Waals surface area contributed by atoms with Crippen LogP contribution in [0, 0.1) is 0 Å². The first kappa shape index (κ1) is 14.2. The van der Waals surface area contributed by atoms with Gasteiger partial charge in [0.05, 0.1) is 11.0 Å². The molecular weight excluding hydrogens is 234 g/mol. The molecule has 0 aliphatic rings. The Morgan fingerprint density at radius 3 is 2.76 bits per heavy atom. The summed E-state index contributed by atoms with van der Waals surface area (Å²) < 4.78 is 0. The third kappa shape index (κ3) is 4.13. The average Bonchev–Trinajstić information content (AvgIpc) is 2.69. The minimum absolute atomic E-state index is 0.0760. The Morgan fingerprint density at radius 2 is 2.24 bits per heavy atom. The maximum Gasteiger partial charge on any atom is 0.261 e. The smallest absolute Gasteiger partial charge is 0.261 e. The fourth-order valence-electron chi connectivity index (χ4n) is 1.64. The summed E-state index contributed by atoms with van der Waals surface area (Å²) in [7, 11) is 0. The molecule has 1 atom stereocenters. The van der Waals surface area contributed by atoms with Gasteiger partial charge in [0.25, 0.3) is 5.91 Å². The molecule has 0 saturated heterocycles. The molecule has 0 aromatic carbocycles. The first-order valence-corrected chi connectivity index (χ1v) is 6.97. The molecule has 1 aromatic heterocycles. The van der Waals surface area contributed by atoms with Gasteiger partial charge in [-0.25, -0.2) is 0 Å². The Labute approximate surface area is 107 Å². The summed E-state index contributed by atoms with van der Waals surface area (Å²) in [5.74, 6) is -0.0760. The van der Waals surface area contributed by atoms with Crippen molar-refractivity contribution in [1.29, 1.82) is 0 Å². The number of hydrogen-bond donors (Lipinski definition) is 2. The SMILES string of the molecule is CCCc1sc(C(=O)NC[C@H](C)O)cc1CC. The monoisotopic (exact) mass is 255 g/mol. The number of amides is 1. The normalized spacial score (nSPS) is 12.5. The number of aliphatic hydroxyl groups excluding tert-OH is 1. The van der Waals surface area contributed by atoms with E-state index in [4.69, 9.17) is 5.11 Å². The second kappa shape index (κ2) is 6.77. The minimum atomic E-state index is -0.500. The highest BCUT2D eigenvalue weighted by Gasteiger charge is 2.13. The van der Waals surface area contributed by atoms with Gasteiger partial charge in [0.2, 0.25) is 0 Å². The van der Waals surface area contributed by atoms with E-state index in [1.54, 1.807) is 18.3 Å². The molecule has 0 aliphatic carbocycles. The van der Waals surface area contributed by atoms with Gasteiger partial charge in [-0.2, -0.15) is 0 Å². The molecule has 0 spiro atoms. The number of carbonyl (C=O) groups is 1. The number of aliphatic hydroxyl groups is 1. The van der Waals surface area contributed by atoms with Crippen molar-refractivity contribution in [2.45, 2.75) is 46.1 Å². The molecule has 0 bridgehead atoms. The lowest BCUT2D eigenvalue weighted by Crippen LogP contribution is -2.29. The molecule has 3 nitrogen and oxygen atoms in total. The number of carbonyl (C=O) groups excluding carboxylic acids is 1. The van der Waals surface area contributed by atoms with Crippen molar-refractivity contribution in [2.24, 2.45) is 0 Å². The van der Waals surface area contributed by atoms with E-state index in [0.29, 0.717) is 6.54 Å². The largest absolute Gasteiger partial charge is 0.392 e. The minimum Gasteiger partial charge on any atom is -0.392 e. The second-order valence-corrected chi connectivity index (χ2v) is 5.36. The van der Waals surface area contributed by atoms with Crippen LogP contribution < -0.4 is 5.32 Å². The summed E-state index contributed by atoms with van der Waals surface area (Å²) in [6, 6.07) is 1.98. The van der Waals surface area contributed by atoms with E-state index in [0.717, 1.165) is 24.1 Å². The van der Waals surface area contributed by atoms with Crippen molar-refractivity contribution in [2.75, 3.05) is 6.54 Å². The van der Waals surface area contributed by atoms with Gasteiger partial charge in [-0.3, -0.25) is 4.79 Å². The van der Waals surface area contributed by atoms with Gasteiger partial charge in [0.15, 0.2) is 0 Å². The molecule has 0 fully saturated rings. The number of hydrogen-bond acceptors (Lipinski definition) is 3. The molecular formula is C13H21NO2S. The molecule has 1 rings (SSSR count). The van der Waals surface area contributed by atoms with Gasteiger partial charge in [-0.1, -0.05) is 20.3 Å². The number of rotatable bonds is 6. The maximum absolute atomic E-state index is 11.8. The van der Waals surface area contributed by atoms with Crippen molar-refractivity contribution >= 4 is 17.2 Å². The molecule has 1 aromatic rings. The van der Waals surface area contributed by atoms with Crippen LogP contribution >= 0.6 is 11.3 Å². The van der Waals surface area contributed by atoms with E-state index in [-0.39, 0.29) is 5.91 Å². The van der Waals surface area contributed by atoms with Crippen LogP contribution in [0.1, 0.15) is 47.3 Å². The van der Waals surface area contributed by atoms with Crippen molar-refractivity contribution in [1.82, 2.24) is 5.32 Å². The van der Waals surface area contributed by atoms with Crippen LogP contribution in [-0.2, 0) is 12.8 Å². The molecule has 2 N–H and O–H groups in total. The molecule has 0 unspecified atom stereocenters. The number of nitrogens with one attached hydrogen (secondary N) is 1. The molecule has 0 aliphatic heterocycles. The molecule has 96 valence electrons. The van der Waals surface area contributed by atoms with Crippen LogP contribution in [0.25, 0.3) is 0 Å². The van der Waals surface area contributed by atoms with Crippen LogP contribution in [-0.4, -0.2) is 23.7 Å². The van der Waals surface area contributed by atoms with Gasteiger partial charge in [0.1, 0.15) is 0 Å². The zero-order valence-electron chi connectivity index (χ0n) is 10.7. The molecule has 1 amide bonds. The predicted molar refractivity (Wildman–Crippen MR) is 71.7 cm³/mol. The van der Waals surface area contributed by atoms with E-state index in [2.05, 4.69) is 19.2 Å². The van der Waals surface area contributed by atoms with Crippen molar-refractivity contribution in [3.8, 4) is 0 Å². The Bertz CT molecular complexity index is 371. The lowest BCUT2D eigenvalue weighted by atomic mass is 10.1. The second-order valence-electron chi connectivity index (χ2n) is 4.22. The zero-order valence-corrected chi connectivity index (χ0v) is 11.6. The van der Waals surface area contributed by atoms with Crippen molar-refractivity contribution < 1.29 is 9.90 Å². The van der Waals surface area contributed by atoms with Crippen LogP contribution in [0.4, 0.5) is 0 Å². The third-order valence-electron chi connectivity index (χ3n) is 2.54. The highest BCUT2D eigenvalue weighted by atomic mass is 32.1. The fraction of sp³-hybridized carbons (Fsp3) is 0.615. The van der Waals surface area contributed by atoms with Gasteiger partial charge in [0, 0.05) is 11.4 Å². The van der Waals surface area contributed by atoms with Gasteiger partial charge in [-0.15, -0.1) is 11.3 Å². The van der Waals surface area contributed by atoms with E-state index in [1.807, 2.05) is 6.07 Å². The van der Waals surface area contributed by atoms with Crippen LogP contribution in [0.5, 0.6) is 0 Å². The topological polar surface area (TPSA) is 49.3 Å². The summed E-state index contributed by atoms with van der Waals surface area (Å²) in [5.41, 5.74) is 1.28. The Hall–Kier alpha value is -0.870. The lowest BCUT2D eigenvalue weighted by molar-refractivity contribution is 0.0928. The summed E-state index contributed by atoms with van der Waals surface area (Å²) in [6.45, 7) is 6.22. The van der Waals surface area contributed by atoms with Crippen molar-refractivity contribution in [3.05, 3.63) is 21.4 Å². The summed E-state index contributed by atoms with van der Waals surface area (Å²) in [4.78, 5) is 13.9. The number of aryl methyl sites for hydroxylation is 2. The summed E-state index contributed by atoms with van der Waals surface area (Å²) in [5, 5.41) is 11.9. The van der Waals surface area contributed by atoms with E-state index >= 15 is 0 Å². The lowest BCUT2D eigenvalue weighted by Gasteiger charge is -2.04. The molecule has 4 heteroatoms. The molecule has 0 saturated carbocycles. The first-order valence-electron chi connectivity index (χ1n) is 6.16. The molecule has 17 heavy (non-hydrogen) atoms. The average molecular weight is 255 g/mol. The maximum atomic E-state index is 11.8. The van der Waals surface area contributed by atoms with E-state index in [1.165, 1.54) is 10.4 Å². The van der Waals surface area contributed by atoms with Gasteiger partial charge in [-0.05, 0) is 31.4 Å². The van der Waals surface area contributed by atoms with Crippen LogP contribution in [0.15, 0.2) is 6.07 Å². The van der Waals surface area contributed by atoms with Crippen LogP contribution in [0.2, 0.25) is 0 Å². The zero-order chi connectivity index (χ0) is 12.8. The third-order valence-corrected chi connectivity index (χ3v) is 3.77. The Balaban J connectivity index is 2.73. The molecule has 0 radical (unpaired) electrons. The highest BCUT2D eigenvalue weighted by Crippen LogP contribution is 2.24. The fourth-order valence-corrected chi connectivity index (χ4v) is 2.92. The van der Waals surface area contributed by atoms with Gasteiger partial charge < -0.3 is 10.4 Å². The quantitative estimate of drug-likeness (QED) is 0.820. The van der Waals surface area contributed by atoms with Crippen LogP contribution in [0.3, 0.4) is 0 Å². The predicted octanol–water partition coefficient (Wildman–Crippen LogP) is 2.37. The standard InChI is InChI=1S/C13H21NO2S/c1-4-6-11-10(5-2)7-12(17-11)13(16)14-8-9(3)15/h7,9,15H,4-6,8H2,1-3H3,(H,14,16)/t9-/m0/s1. The number of thiophene rings is 1. The van der Waals surface area contributed by atoms with Crippen molar-refractivity contribution in [3.63, 3.8) is 0 Å². The molecule has 1 heterocycles. The Kier molecular flexibility index (Phi) is 5.65. The summed E-state index contributed by atoms with van der Waals surface area (Å²) in [6.07, 6.45) is 2.61. The highest BCUT2D eigenvalue weighted by molar-refractivity contribution is 7.14. The van der Waals surface area contributed by atoms with E-state index in [9.17, 15) is 4.79 Å². The summed E-state index contributed by atoms with van der Waals surface area (Å²) >= 11 is 1.57. The van der Waals surface area contributed by atoms with Gasteiger partial charge >= 0.3 is 0 Å².